The van der Waals surface area contributed by atoms with Crippen molar-refractivity contribution in [3.05, 3.63) is 35.9 Å². The largest absolute Gasteiger partial charge is 0.415 e. The first-order valence-electron chi connectivity index (χ1n) is 13.6. The van der Waals surface area contributed by atoms with Crippen LogP contribution >= 0.6 is 0 Å². The van der Waals surface area contributed by atoms with E-state index < -0.39 is 8.32 Å². The highest BCUT2D eigenvalue weighted by molar-refractivity contribution is 6.69. The Balaban J connectivity index is 1.26. The molecule has 4 fully saturated rings. The highest BCUT2D eigenvalue weighted by Gasteiger charge is 2.59. The molecule has 0 aliphatic heterocycles. The SMILES string of the molecule is C[C@]12CC[C@@H](O[Si](C)(C)C)C[C@@H]1CC[C@@H]1[C@@H]2CC[C@]2(C)/C(=N/OCc3ccccc3)CC[C@@H]12. The van der Waals surface area contributed by atoms with Gasteiger partial charge in [-0.1, -0.05) is 49.3 Å². The van der Waals surface area contributed by atoms with Crippen LogP contribution in [0, 0.1) is 34.5 Å². The molecule has 7 atom stereocenters. The van der Waals surface area contributed by atoms with E-state index in [0.717, 1.165) is 30.1 Å². The average Bonchev–Trinajstić information content (AvgIpc) is 3.10. The van der Waals surface area contributed by atoms with Gasteiger partial charge in [-0.05, 0) is 112 Å². The van der Waals surface area contributed by atoms with Crippen molar-refractivity contribution >= 4 is 14.0 Å². The topological polar surface area (TPSA) is 30.8 Å². The van der Waals surface area contributed by atoms with Gasteiger partial charge in [0.15, 0.2) is 8.32 Å². The molecule has 4 heteroatoms. The first-order valence-corrected chi connectivity index (χ1v) is 17.0. The summed E-state index contributed by atoms with van der Waals surface area (Å²) >= 11 is 0. The Kier molecular flexibility index (Phi) is 6.31. The lowest BCUT2D eigenvalue weighted by Crippen LogP contribution is -2.54. The molecule has 0 unspecified atom stereocenters. The van der Waals surface area contributed by atoms with Crippen LogP contribution in [0.2, 0.25) is 19.6 Å². The van der Waals surface area contributed by atoms with E-state index >= 15 is 0 Å². The molecular weight excluding hydrogens is 422 g/mol. The standard InChI is InChI=1S/C29H45NO2Si/c1-28-17-15-23(32-33(3,4)5)19-22(28)11-12-24-25-13-14-27(29(25,2)18-16-26(24)28)30-31-20-21-9-7-6-8-10-21/h6-10,22-26H,11-20H2,1-5H3/b30-27+/t22-,23+,24-,25-,26-,28-,29-/m0/s1. The van der Waals surface area contributed by atoms with Crippen LogP contribution < -0.4 is 0 Å². The highest BCUT2D eigenvalue weighted by Crippen LogP contribution is 2.65. The third kappa shape index (κ3) is 4.47. The highest BCUT2D eigenvalue weighted by atomic mass is 28.4. The normalized spacial score (nSPS) is 41.8. The third-order valence-electron chi connectivity index (χ3n) is 10.1. The van der Waals surface area contributed by atoms with Crippen LogP contribution in [0.4, 0.5) is 0 Å². The van der Waals surface area contributed by atoms with E-state index in [1.807, 2.05) is 0 Å². The van der Waals surface area contributed by atoms with E-state index in [9.17, 15) is 0 Å². The van der Waals surface area contributed by atoms with Gasteiger partial charge >= 0.3 is 0 Å². The third-order valence-corrected chi connectivity index (χ3v) is 11.2. The monoisotopic (exact) mass is 467 g/mol. The molecule has 0 radical (unpaired) electrons. The minimum absolute atomic E-state index is 0.249. The van der Waals surface area contributed by atoms with Crippen LogP contribution in [0.3, 0.4) is 0 Å². The Morgan fingerprint density at radius 3 is 2.48 bits per heavy atom. The van der Waals surface area contributed by atoms with Gasteiger partial charge in [0.1, 0.15) is 6.61 Å². The van der Waals surface area contributed by atoms with Crippen molar-refractivity contribution in [1.29, 1.82) is 0 Å². The average molecular weight is 468 g/mol. The van der Waals surface area contributed by atoms with Gasteiger partial charge in [0, 0.05) is 11.5 Å². The van der Waals surface area contributed by atoms with Crippen LogP contribution in [0.25, 0.3) is 0 Å². The molecule has 5 rings (SSSR count). The van der Waals surface area contributed by atoms with Crippen molar-refractivity contribution < 1.29 is 9.26 Å². The van der Waals surface area contributed by atoms with Gasteiger partial charge in [0.25, 0.3) is 0 Å². The van der Waals surface area contributed by atoms with Crippen molar-refractivity contribution in [2.75, 3.05) is 0 Å². The summed E-state index contributed by atoms with van der Waals surface area (Å²) in [5.41, 5.74) is 3.32. The van der Waals surface area contributed by atoms with Gasteiger partial charge in [0.05, 0.1) is 5.71 Å². The molecule has 1 aromatic rings. The maximum absolute atomic E-state index is 6.59. The van der Waals surface area contributed by atoms with Gasteiger partial charge in [-0.3, -0.25) is 0 Å². The van der Waals surface area contributed by atoms with Gasteiger partial charge in [0.2, 0.25) is 0 Å². The fourth-order valence-electron chi connectivity index (χ4n) is 8.52. The predicted octanol–water partition coefficient (Wildman–Crippen LogP) is 7.82. The van der Waals surface area contributed by atoms with Crippen LogP contribution in [0.1, 0.15) is 77.2 Å². The maximum Gasteiger partial charge on any atom is 0.184 e. The summed E-state index contributed by atoms with van der Waals surface area (Å²) in [6.07, 6.45) is 12.4. The summed E-state index contributed by atoms with van der Waals surface area (Å²) in [6, 6.07) is 10.4. The van der Waals surface area contributed by atoms with Crippen LogP contribution in [0.5, 0.6) is 0 Å². The molecular formula is C29H45NO2Si. The lowest BCUT2D eigenvalue weighted by atomic mass is 9.45. The molecule has 0 bridgehead atoms. The van der Waals surface area contributed by atoms with Crippen molar-refractivity contribution in [2.45, 2.75) is 104 Å². The molecule has 0 N–H and O–H groups in total. The lowest BCUT2D eigenvalue weighted by Gasteiger charge is -2.60. The van der Waals surface area contributed by atoms with Crippen molar-refractivity contribution in [1.82, 2.24) is 0 Å². The molecule has 0 saturated heterocycles. The Labute approximate surface area is 202 Å². The van der Waals surface area contributed by atoms with Crippen molar-refractivity contribution in [3.63, 3.8) is 0 Å². The number of oxime groups is 1. The van der Waals surface area contributed by atoms with Crippen molar-refractivity contribution in [3.8, 4) is 0 Å². The minimum atomic E-state index is -1.45. The number of rotatable bonds is 5. The van der Waals surface area contributed by atoms with Crippen LogP contribution in [-0.4, -0.2) is 20.1 Å². The van der Waals surface area contributed by atoms with Gasteiger partial charge < -0.3 is 9.26 Å². The summed E-state index contributed by atoms with van der Waals surface area (Å²) in [4.78, 5) is 5.89. The molecule has 4 aliphatic carbocycles. The summed E-state index contributed by atoms with van der Waals surface area (Å²) < 4.78 is 6.59. The quantitative estimate of drug-likeness (QED) is 0.326. The van der Waals surface area contributed by atoms with E-state index in [2.05, 4.69) is 63.8 Å². The predicted molar refractivity (Wildman–Crippen MR) is 139 cm³/mol. The first-order chi connectivity index (χ1) is 15.7. The molecule has 0 spiro atoms. The fraction of sp³-hybridized carbons (Fsp3) is 0.759. The maximum atomic E-state index is 6.59. The summed E-state index contributed by atoms with van der Waals surface area (Å²) in [5.74, 6) is 3.43. The minimum Gasteiger partial charge on any atom is -0.415 e. The van der Waals surface area contributed by atoms with E-state index in [1.165, 1.54) is 62.6 Å². The fourth-order valence-corrected chi connectivity index (χ4v) is 9.74. The summed E-state index contributed by atoms with van der Waals surface area (Å²) in [7, 11) is -1.45. The van der Waals surface area contributed by atoms with Gasteiger partial charge in [-0.15, -0.1) is 0 Å². The Morgan fingerprint density at radius 1 is 0.939 bits per heavy atom. The second-order valence-electron chi connectivity index (χ2n) is 13.1. The number of benzene rings is 1. The number of nitrogens with zero attached hydrogens (tertiary/aromatic N) is 1. The van der Waals surface area contributed by atoms with Crippen LogP contribution in [-0.2, 0) is 15.9 Å². The Bertz CT molecular complexity index is 864. The molecule has 1 aromatic carbocycles. The van der Waals surface area contributed by atoms with Gasteiger partial charge in [-0.25, -0.2) is 0 Å². The second-order valence-corrected chi connectivity index (χ2v) is 17.5. The molecule has 0 aromatic heterocycles. The molecule has 4 saturated carbocycles. The zero-order chi connectivity index (χ0) is 23.3. The molecule has 33 heavy (non-hydrogen) atoms. The molecule has 0 heterocycles. The molecule has 4 aliphatic rings. The zero-order valence-corrected chi connectivity index (χ0v) is 22.6. The van der Waals surface area contributed by atoms with Gasteiger partial charge in [-0.2, -0.15) is 0 Å². The number of hydrogen-bond acceptors (Lipinski definition) is 3. The smallest absolute Gasteiger partial charge is 0.184 e. The van der Waals surface area contributed by atoms with E-state index in [0.29, 0.717) is 18.1 Å². The van der Waals surface area contributed by atoms with E-state index in [1.54, 1.807) is 0 Å². The summed E-state index contributed by atoms with van der Waals surface area (Å²) in [5, 5.41) is 4.76. The van der Waals surface area contributed by atoms with E-state index in [-0.39, 0.29) is 5.41 Å². The lowest BCUT2D eigenvalue weighted by molar-refractivity contribution is -0.111. The molecule has 3 nitrogen and oxygen atoms in total. The summed E-state index contributed by atoms with van der Waals surface area (Å²) in [6.45, 7) is 12.8. The molecule has 182 valence electrons. The number of hydrogen-bond donors (Lipinski definition) is 0. The zero-order valence-electron chi connectivity index (χ0n) is 21.6. The molecule has 0 amide bonds. The Hall–Kier alpha value is -1.13. The van der Waals surface area contributed by atoms with E-state index in [4.69, 9.17) is 14.4 Å². The second kappa shape index (κ2) is 8.82. The van der Waals surface area contributed by atoms with Crippen LogP contribution in [0.15, 0.2) is 35.5 Å². The van der Waals surface area contributed by atoms with Crippen molar-refractivity contribution in [2.24, 2.45) is 39.7 Å². The Morgan fingerprint density at radius 2 is 1.73 bits per heavy atom. The number of fused-ring (bicyclic) bond motifs is 5. The first kappa shape index (κ1) is 23.6.